The quantitative estimate of drug-likeness (QED) is 0.445. The second kappa shape index (κ2) is 4.64. The fraction of sp³-hybridized carbons (Fsp3) is 0.417. The van der Waals surface area contributed by atoms with Crippen LogP contribution in [-0.4, -0.2) is 51.5 Å². The van der Waals surface area contributed by atoms with Crippen LogP contribution in [0.2, 0.25) is 0 Å². The summed E-state index contributed by atoms with van der Waals surface area (Å²) in [6.07, 6.45) is 3.13. The molecule has 0 spiro atoms. The molecule has 3 heterocycles. The Morgan fingerprint density at radius 1 is 1.50 bits per heavy atom. The normalized spacial score (nSPS) is 17.9. The number of aromatic nitrogens is 4. The molecule has 1 fully saturated rings. The second-order valence-corrected chi connectivity index (χ2v) is 4.77. The van der Waals surface area contributed by atoms with Crippen LogP contribution in [0.25, 0.3) is 11.2 Å². The average molecular weight is 274 g/mol. The van der Waals surface area contributed by atoms with E-state index in [-0.39, 0.29) is 17.2 Å². The van der Waals surface area contributed by atoms with E-state index in [1.807, 2.05) is 14.1 Å². The first-order valence-electron chi connectivity index (χ1n) is 6.12. The molecule has 1 unspecified atom stereocenters. The van der Waals surface area contributed by atoms with Crippen molar-refractivity contribution in [2.24, 2.45) is 12.0 Å². The van der Waals surface area contributed by atoms with Gasteiger partial charge in [0.15, 0.2) is 11.2 Å². The van der Waals surface area contributed by atoms with Crippen LogP contribution in [-0.2, 0) is 11.8 Å². The lowest BCUT2D eigenvalue weighted by molar-refractivity contribution is 0.411. The van der Waals surface area contributed by atoms with Crippen molar-refractivity contribution in [1.82, 2.24) is 24.4 Å². The minimum Gasteiger partial charge on any atom is -0.369 e. The monoisotopic (exact) mass is 274 g/mol. The van der Waals surface area contributed by atoms with Crippen LogP contribution in [0.3, 0.4) is 0 Å². The molecule has 0 radical (unpaired) electrons. The first-order chi connectivity index (χ1) is 9.56. The molecule has 1 aliphatic rings. The molecule has 0 saturated carbocycles. The third kappa shape index (κ3) is 2.25. The summed E-state index contributed by atoms with van der Waals surface area (Å²) in [5.74, 6) is 0.293. The van der Waals surface area contributed by atoms with E-state index >= 15 is 0 Å². The zero-order valence-electron chi connectivity index (χ0n) is 11.4. The van der Waals surface area contributed by atoms with E-state index in [4.69, 9.17) is 4.74 Å². The number of aliphatic imine (C=N–C) groups is 1. The molecule has 0 amide bonds. The summed E-state index contributed by atoms with van der Waals surface area (Å²) in [7, 11) is 5.29. The van der Waals surface area contributed by atoms with E-state index in [1.165, 1.54) is 4.57 Å². The molecule has 2 aromatic heterocycles. The van der Waals surface area contributed by atoms with Crippen LogP contribution >= 0.6 is 0 Å². The number of ether oxygens (including phenoxy) is 1. The van der Waals surface area contributed by atoms with Crippen LogP contribution < -0.4 is 5.56 Å². The standard InChI is InChI=1S/C12H14N6O2/c1-17(2)6-14-12-16-10-9(11(19)18(12)3)15-7(4-13-10)8-5-20-8/h4,6,8H,5H2,1-3H3/b14-6+. The van der Waals surface area contributed by atoms with Crippen molar-refractivity contribution in [3.05, 3.63) is 22.2 Å². The third-order valence-corrected chi connectivity index (χ3v) is 2.85. The molecular weight excluding hydrogens is 260 g/mol. The molecule has 2 aromatic rings. The van der Waals surface area contributed by atoms with Crippen LogP contribution in [0.1, 0.15) is 11.8 Å². The number of fused-ring (bicyclic) bond motifs is 1. The van der Waals surface area contributed by atoms with Crippen molar-refractivity contribution in [3.8, 4) is 0 Å². The molecule has 8 heteroatoms. The Labute approximate surface area is 114 Å². The predicted molar refractivity (Wildman–Crippen MR) is 73.1 cm³/mol. The van der Waals surface area contributed by atoms with Gasteiger partial charge < -0.3 is 9.64 Å². The first kappa shape index (κ1) is 12.7. The third-order valence-electron chi connectivity index (χ3n) is 2.85. The van der Waals surface area contributed by atoms with Crippen LogP contribution in [0.15, 0.2) is 16.0 Å². The highest BCUT2D eigenvalue weighted by Crippen LogP contribution is 2.27. The summed E-state index contributed by atoms with van der Waals surface area (Å²) in [4.78, 5) is 30.9. The summed E-state index contributed by atoms with van der Waals surface area (Å²) in [6.45, 7) is 0.624. The van der Waals surface area contributed by atoms with E-state index in [0.29, 0.717) is 23.9 Å². The Bertz CT molecular complexity index is 747. The van der Waals surface area contributed by atoms with Crippen molar-refractivity contribution in [2.45, 2.75) is 6.10 Å². The van der Waals surface area contributed by atoms with Crippen LogP contribution in [0.4, 0.5) is 5.95 Å². The molecule has 3 rings (SSSR count). The summed E-state index contributed by atoms with van der Waals surface area (Å²) in [6, 6.07) is 0. The van der Waals surface area contributed by atoms with Crippen molar-refractivity contribution >= 4 is 23.5 Å². The van der Waals surface area contributed by atoms with Crippen molar-refractivity contribution in [1.29, 1.82) is 0 Å². The lowest BCUT2D eigenvalue weighted by Crippen LogP contribution is -2.20. The van der Waals surface area contributed by atoms with Gasteiger partial charge in [-0.25, -0.2) is 15.0 Å². The summed E-state index contributed by atoms with van der Waals surface area (Å²) in [5.41, 5.74) is 0.935. The molecule has 1 atom stereocenters. The highest BCUT2D eigenvalue weighted by molar-refractivity contribution is 5.70. The Morgan fingerprint density at radius 2 is 2.25 bits per heavy atom. The van der Waals surface area contributed by atoms with Gasteiger partial charge in [0, 0.05) is 21.1 Å². The van der Waals surface area contributed by atoms with Gasteiger partial charge in [-0.15, -0.1) is 0 Å². The molecule has 104 valence electrons. The van der Waals surface area contributed by atoms with E-state index in [1.54, 1.807) is 24.5 Å². The maximum absolute atomic E-state index is 12.3. The molecule has 1 saturated heterocycles. The molecule has 0 N–H and O–H groups in total. The van der Waals surface area contributed by atoms with E-state index in [2.05, 4.69) is 19.9 Å². The van der Waals surface area contributed by atoms with Crippen molar-refractivity contribution < 1.29 is 4.74 Å². The Kier molecular flexibility index (Phi) is 2.94. The molecule has 1 aliphatic heterocycles. The number of nitrogens with zero attached hydrogens (tertiary/aromatic N) is 6. The lowest BCUT2D eigenvalue weighted by Gasteiger charge is -2.06. The predicted octanol–water partition coefficient (Wildman–Crippen LogP) is 0.0162. The lowest BCUT2D eigenvalue weighted by atomic mass is 10.3. The fourth-order valence-corrected chi connectivity index (χ4v) is 1.70. The van der Waals surface area contributed by atoms with Crippen molar-refractivity contribution in [3.63, 3.8) is 0 Å². The molecule has 8 nitrogen and oxygen atoms in total. The van der Waals surface area contributed by atoms with E-state index < -0.39 is 0 Å². The topological polar surface area (TPSA) is 88.8 Å². The minimum absolute atomic E-state index is 0.0388. The zero-order valence-corrected chi connectivity index (χ0v) is 11.4. The van der Waals surface area contributed by atoms with Gasteiger partial charge in [-0.2, -0.15) is 4.98 Å². The zero-order chi connectivity index (χ0) is 14.3. The van der Waals surface area contributed by atoms with Gasteiger partial charge in [-0.1, -0.05) is 0 Å². The number of epoxide rings is 1. The van der Waals surface area contributed by atoms with Crippen LogP contribution in [0.5, 0.6) is 0 Å². The fourth-order valence-electron chi connectivity index (χ4n) is 1.70. The number of hydrogen-bond acceptors (Lipinski definition) is 6. The minimum atomic E-state index is -0.268. The number of rotatable bonds is 3. The van der Waals surface area contributed by atoms with Gasteiger partial charge >= 0.3 is 0 Å². The first-order valence-corrected chi connectivity index (χ1v) is 6.12. The van der Waals surface area contributed by atoms with Gasteiger partial charge in [0.05, 0.1) is 24.8 Å². The highest BCUT2D eigenvalue weighted by Gasteiger charge is 2.27. The Hall–Kier alpha value is -2.35. The van der Waals surface area contributed by atoms with Gasteiger partial charge in [-0.3, -0.25) is 9.36 Å². The van der Waals surface area contributed by atoms with E-state index in [9.17, 15) is 4.79 Å². The maximum Gasteiger partial charge on any atom is 0.282 e. The average Bonchev–Trinajstić information content (AvgIpc) is 3.25. The highest BCUT2D eigenvalue weighted by atomic mass is 16.6. The Balaban J connectivity index is 2.14. The molecule has 0 aliphatic carbocycles. The smallest absolute Gasteiger partial charge is 0.282 e. The number of hydrogen-bond donors (Lipinski definition) is 0. The molecular formula is C12H14N6O2. The SMILES string of the molecule is CN(C)/C=N/c1nc2ncc(C3CO3)nc2c(=O)n1C. The van der Waals surface area contributed by atoms with Crippen molar-refractivity contribution in [2.75, 3.05) is 20.7 Å². The van der Waals surface area contributed by atoms with Gasteiger partial charge in [-0.05, 0) is 0 Å². The summed E-state index contributed by atoms with van der Waals surface area (Å²) < 4.78 is 6.50. The van der Waals surface area contributed by atoms with Crippen LogP contribution in [0, 0.1) is 0 Å². The van der Waals surface area contributed by atoms with Gasteiger partial charge in [0.2, 0.25) is 5.95 Å². The summed E-state index contributed by atoms with van der Waals surface area (Å²) in [5, 5.41) is 0. The molecule has 20 heavy (non-hydrogen) atoms. The second-order valence-electron chi connectivity index (χ2n) is 4.77. The molecule has 0 bridgehead atoms. The van der Waals surface area contributed by atoms with Gasteiger partial charge in [0.25, 0.3) is 5.56 Å². The molecule has 0 aromatic carbocycles. The Morgan fingerprint density at radius 3 is 2.90 bits per heavy atom. The van der Waals surface area contributed by atoms with E-state index in [0.717, 1.165) is 0 Å². The largest absolute Gasteiger partial charge is 0.369 e. The maximum atomic E-state index is 12.3. The summed E-state index contributed by atoms with van der Waals surface area (Å²) >= 11 is 0. The van der Waals surface area contributed by atoms with Gasteiger partial charge in [0.1, 0.15) is 6.10 Å².